The molecule has 2 heterocycles. The third kappa shape index (κ3) is 3.80. The molecular formula is C25H23N3O4. The summed E-state index contributed by atoms with van der Waals surface area (Å²) in [5, 5.41) is 2.27. The van der Waals surface area contributed by atoms with Gasteiger partial charge in [-0.25, -0.2) is 9.69 Å². The Morgan fingerprint density at radius 1 is 0.875 bits per heavy atom. The Morgan fingerprint density at radius 3 is 2.22 bits per heavy atom. The molecule has 1 aliphatic rings. The monoisotopic (exact) mass is 429 g/mol. The predicted molar refractivity (Wildman–Crippen MR) is 122 cm³/mol. The number of imide groups is 2. The van der Waals surface area contributed by atoms with Gasteiger partial charge in [-0.2, -0.15) is 0 Å². The molecule has 0 unspecified atom stereocenters. The largest absolute Gasteiger partial charge is 0.497 e. The van der Waals surface area contributed by atoms with Gasteiger partial charge in [0.2, 0.25) is 0 Å². The van der Waals surface area contributed by atoms with Gasteiger partial charge in [0.05, 0.1) is 12.8 Å². The number of anilines is 1. The number of hydrogen-bond donors (Lipinski definition) is 1. The first kappa shape index (κ1) is 21.1. The van der Waals surface area contributed by atoms with E-state index in [1.165, 1.54) is 6.08 Å². The molecule has 32 heavy (non-hydrogen) atoms. The highest BCUT2D eigenvalue weighted by Gasteiger charge is 2.37. The van der Waals surface area contributed by atoms with Crippen molar-refractivity contribution < 1.29 is 19.1 Å². The Hall–Kier alpha value is -4.13. The van der Waals surface area contributed by atoms with Crippen LogP contribution < -0.4 is 15.0 Å². The number of aryl methyl sites for hydroxylation is 3. The highest BCUT2D eigenvalue weighted by molar-refractivity contribution is 6.39. The molecule has 1 fully saturated rings. The fourth-order valence-electron chi connectivity index (χ4n) is 3.62. The minimum atomic E-state index is -0.757. The smallest absolute Gasteiger partial charge is 0.335 e. The molecule has 0 atom stereocenters. The molecule has 2 aromatic carbocycles. The van der Waals surface area contributed by atoms with Gasteiger partial charge < -0.3 is 9.30 Å². The van der Waals surface area contributed by atoms with Crippen molar-refractivity contribution in [2.75, 3.05) is 12.0 Å². The normalized spacial score (nSPS) is 15.3. The summed E-state index contributed by atoms with van der Waals surface area (Å²) in [4.78, 5) is 39.0. The molecule has 162 valence electrons. The quantitative estimate of drug-likeness (QED) is 0.501. The number of benzene rings is 2. The van der Waals surface area contributed by atoms with Crippen LogP contribution in [0.25, 0.3) is 11.8 Å². The average molecular weight is 429 g/mol. The molecule has 0 spiro atoms. The van der Waals surface area contributed by atoms with Gasteiger partial charge in [-0.1, -0.05) is 6.07 Å². The number of hydrogen-bond acceptors (Lipinski definition) is 4. The first-order chi connectivity index (χ1) is 15.3. The summed E-state index contributed by atoms with van der Waals surface area (Å²) in [5.41, 5.74) is 4.81. The Balaban J connectivity index is 1.69. The standard InChI is InChI=1S/C25H23N3O4/c1-15-5-6-20(11-16(15)2)28-24(30)22(23(29)26-25(28)31)13-18-12-17(3)27(14-18)19-7-9-21(32-4)10-8-19/h5-14H,1-4H3,(H,26,29,31)/b22-13-. The van der Waals surface area contributed by atoms with Crippen LogP contribution in [0.1, 0.15) is 22.4 Å². The molecule has 3 aromatic rings. The third-order valence-corrected chi connectivity index (χ3v) is 5.55. The van der Waals surface area contributed by atoms with E-state index < -0.39 is 17.8 Å². The lowest BCUT2D eigenvalue weighted by atomic mass is 10.1. The number of aromatic nitrogens is 1. The number of carbonyl (C=O) groups excluding carboxylic acids is 3. The van der Waals surface area contributed by atoms with Gasteiger partial charge in [0, 0.05) is 17.6 Å². The van der Waals surface area contributed by atoms with Crippen LogP contribution in [0.15, 0.2) is 60.3 Å². The van der Waals surface area contributed by atoms with E-state index in [0.29, 0.717) is 11.3 Å². The van der Waals surface area contributed by atoms with E-state index in [1.807, 2.05) is 67.9 Å². The van der Waals surface area contributed by atoms with Gasteiger partial charge in [-0.15, -0.1) is 0 Å². The fourth-order valence-corrected chi connectivity index (χ4v) is 3.62. The summed E-state index contributed by atoms with van der Waals surface area (Å²) in [6.45, 7) is 5.78. The zero-order valence-electron chi connectivity index (χ0n) is 18.3. The van der Waals surface area contributed by atoms with Crippen molar-refractivity contribution in [2.45, 2.75) is 20.8 Å². The Morgan fingerprint density at radius 2 is 1.56 bits per heavy atom. The predicted octanol–water partition coefficient (Wildman–Crippen LogP) is 4.08. The first-order valence-corrected chi connectivity index (χ1v) is 10.1. The van der Waals surface area contributed by atoms with E-state index in [1.54, 1.807) is 19.2 Å². The Bertz CT molecular complexity index is 1270. The van der Waals surface area contributed by atoms with Gasteiger partial charge in [0.25, 0.3) is 11.8 Å². The molecule has 4 amide bonds. The first-order valence-electron chi connectivity index (χ1n) is 10.1. The number of amides is 4. The van der Waals surface area contributed by atoms with Crippen LogP contribution in [0.2, 0.25) is 0 Å². The molecule has 1 aromatic heterocycles. The number of ether oxygens (including phenoxy) is 1. The second kappa shape index (κ2) is 8.19. The summed E-state index contributed by atoms with van der Waals surface area (Å²) in [6, 6.07) is 14.0. The van der Waals surface area contributed by atoms with E-state index in [-0.39, 0.29) is 5.57 Å². The Labute approximate surface area is 185 Å². The summed E-state index contributed by atoms with van der Waals surface area (Å²) < 4.78 is 7.15. The summed E-state index contributed by atoms with van der Waals surface area (Å²) in [7, 11) is 1.61. The van der Waals surface area contributed by atoms with Crippen molar-refractivity contribution in [3.05, 3.63) is 82.7 Å². The van der Waals surface area contributed by atoms with Crippen LogP contribution in [0, 0.1) is 20.8 Å². The van der Waals surface area contributed by atoms with Gasteiger partial charge in [-0.3, -0.25) is 14.9 Å². The maximum Gasteiger partial charge on any atom is 0.335 e. The zero-order chi connectivity index (χ0) is 23.0. The molecule has 0 aliphatic carbocycles. The fraction of sp³-hybridized carbons (Fsp3) is 0.160. The van der Waals surface area contributed by atoms with Crippen LogP contribution in [0.3, 0.4) is 0 Å². The van der Waals surface area contributed by atoms with Gasteiger partial charge >= 0.3 is 6.03 Å². The maximum absolute atomic E-state index is 13.1. The van der Waals surface area contributed by atoms with Crippen molar-refractivity contribution >= 4 is 29.6 Å². The molecule has 1 aliphatic heterocycles. The van der Waals surface area contributed by atoms with E-state index in [4.69, 9.17) is 4.74 Å². The highest BCUT2D eigenvalue weighted by Crippen LogP contribution is 2.25. The van der Waals surface area contributed by atoms with Crippen molar-refractivity contribution in [3.63, 3.8) is 0 Å². The molecule has 7 heteroatoms. The third-order valence-electron chi connectivity index (χ3n) is 5.55. The second-order valence-electron chi connectivity index (χ2n) is 7.71. The lowest BCUT2D eigenvalue weighted by Crippen LogP contribution is -2.54. The summed E-state index contributed by atoms with van der Waals surface area (Å²) >= 11 is 0. The number of carbonyl (C=O) groups is 3. The zero-order valence-corrected chi connectivity index (χ0v) is 18.3. The number of rotatable bonds is 4. The van der Waals surface area contributed by atoms with E-state index >= 15 is 0 Å². The number of barbiturate groups is 1. The molecule has 0 saturated carbocycles. The van der Waals surface area contributed by atoms with Gasteiger partial charge in [0.1, 0.15) is 11.3 Å². The van der Waals surface area contributed by atoms with E-state index in [9.17, 15) is 14.4 Å². The van der Waals surface area contributed by atoms with E-state index in [0.717, 1.165) is 33.2 Å². The number of methoxy groups -OCH3 is 1. The molecule has 0 radical (unpaired) electrons. The van der Waals surface area contributed by atoms with Crippen LogP contribution in [0.4, 0.5) is 10.5 Å². The van der Waals surface area contributed by atoms with Crippen LogP contribution in [-0.2, 0) is 9.59 Å². The van der Waals surface area contributed by atoms with Crippen molar-refractivity contribution in [1.82, 2.24) is 9.88 Å². The van der Waals surface area contributed by atoms with Crippen molar-refractivity contribution in [3.8, 4) is 11.4 Å². The van der Waals surface area contributed by atoms with Crippen LogP contribution in [0.5, 0.6) is 5.75 Å². The molecule has 1 N–H and O–H groups in total. The van der Waals surface area contributed by atoms with Gasteiger partial charge in [-0.05, 0) is 86.0 Å². The molecule has 7 nitrogen and oxygen atoms in total. The topological polar surface area (TPSA) is 80.6 Å². The van der Waals surface area contributed by atoms with Crippen LogP contribution in [-0.4, -0.2) is 29.5 Å². The lowest BCUT2D eigenvalue weighted by molar-refractivity contribution is -0.122. The second-order valence-corrected chi connectivity index (χ2v) is 7.71. The number of nitrogens with one attached hydrogen (secondary N) is 1. The summed E-state index contributed by atoms with van der Waals surface area (Å²) in [6.07, 6.45) is 3.34. The van der Waals surface area contributed by atoms with Crippen LogP contribution >= 0.6 is 0 Å². The average Bonchev–Trinajstić information content (AvgIpc) is 3.13. The minimum Gasteiger partial charge on any atom is -0.497 e. The highest BCUT2D eigenvalue weighted by atomic mass is 16.5. The lowest BCUT2D eigenvalue weighted by Gasteiger charge is -2.26. The Kier molecular flexibility index (Phi) is 5.40. The van der Waals surface area contributed by atoms with Crippen molar-refractivity contribution in [2.24, 2.45) is 0 Å². The van der Waals surface area contributed by atoms with E-state index in [2.05, 4.69) is 5.32 Å². The maximum atomic E-state index is 13.1. The van der Waals surface area contributed by atoms with Crippen molar-refractivity contribution in [1.29, 1.82) is 0 Å². The molecule has 1 saturated heterocycles. The number of nitrogens with zero attached hydrogens (tertiary/aromatic N) is 2. The summed E-state index contributed by atoms with van der Waals surface area (Å²) in [5.74, 6) is -0.617. The molecular weight excluding hydrogens is 406 g/mol. The van der Waals surface area contributed by atoms with Gasteiger partial charge in [0.15, 0.2) is 0 Å². The molecule has 0 bridgehead atoms. The number of urea groups is 1. The minimum absolute atomic E-state index is 0.102. The molecule has 4 rings (SSSR count). The SMILES string of the molecule is COc1ccc(-n2cc(/C=C3/C(=O)NC(=O)N(c4ccc(C)c(C)c4)C3=O)cc2C)cc1.